The first kappa shape index (κ1) is 14.1. The molecule has 0 bridgehead atoms. The van der Waals surface area contributed by atoms with Crippen LogP contribution in [0.3, 0.4) is 0 Å². The van der Waals surface area contributed by atoms with Crippen molar-refractivity contribution in [1.82, 2.24) is 9.55 Å². The standard InChI is InChI=1S/C12H20N4O2/c1-3-5-7-14-9-10(13)16(8-6-4-2)12(18)15-11(9)17/h3,14H,1,4-8,13H2,2H3,(H,15,17,18). The lowest BCUT2D eigenvalue weighted by Crippen LogP contribution is -2.34. The summed E-state index contributed by atoms with van der Waals surface area (Å²) in [6, 6.07) is 0. The maximum absolute atomic E-state index is 11.6. The van der Waals surface area contributed by atoms with Crippen LogP contribution in [-0.2, 0) is 6.54 Å². The molecule has 1 heterocycles. The van der Waals surface area contributed by atoms with Crippen LogP contribution >= 0.6 is 0 Å². The number of H-pyrrole nitrogens is 1. The summed E-state index contributed by atoms with van der Waals surface area (Å²) in [6.07, 6.45) is 4.24. The van der Waals surface area contributed by atoms with Crippen molar-refractivity contribution in [3.05, 3.63) is 33.5 Å². The summed E-state index contributed by atoms with van der Waals surface area (Å²) in [7, 11) is 0. The van der Waals surface area contributed by atoms with E-state index in [0.29, 0.717) is 19.5 Å². The Labute approximate surface area is 106 Å². The molecule has 6 nitrogen and oxygen atoms in total. The third-order valence-corrected chi connectivity index (χ3v) is 2.63. The van der Waals surface area contributed by atoms with Gasteiger partial charge in [0.15, 0.2) is 0 Å². The van der Waals surface area contributed by atoms with Crippen LogP contribution < -0.4 is 22.3 Å². The average Bonchev–Trinajstić information content (AvgIpc) is 2.33. The molecule has 0 aromatic carbocycles. The fourth-order valence-electron chi connectivity index (χ4n) is 1.60. The van der Waals surface area contributed by atoms with Crippen molar-refractivity contribution in [1.29, 1.82) is 0 Å². The van der Waals surface area contributed by atoms with E-state index in [1.165, 1.54) is 4.57 Å². The highest BCUT2D eigenvalue weighted by Crippen LogP contribution is 2.10. The number of nitrogen functional groups attached to an aromatic ring is 1. The van der Waals surface area contributed by atoms with Crippen LogP contribution in [0, 0.1) is 0 Å². The van der Waals surface area contributed by atoms with E-state index >= 15 is 0 Å². The van der Waals surface area contributed by atoms with Gasteiger partial charge in [0.25, 0.3) is 5.56 Å². The Morgan fingerprint density at radius 2 is 2.22 bits per heavy atom. The topological polar surface area (TPSA) is 92.9 Å². The van der Waals surface area contributed by atoms with Gasteiger partial charge in [-0.3, -0.25) is 14.3 Å². The Morgan fingerprint density at radius 3 is 2.83 bits per heavy atom. The number of anilines is 2. The van der Waals surface area contributed by atoms with Crippen molar-refractivity contribution in [3.63, 3.8) is 0 Å². The van der Waals surface area contributed by atoms with Gasteiger partial charge < -0.3 is 11.1 Å². The second kappa shape index (κ2) is 6.68. The number of hydrogen-bond acceptors (Lipinski definition) is 4. The summed E-state index contributed by atoms with van der Waals surface area (Å²) in [5.41, 5.74) is 5.18. The predicted molar refractivity (Wildman–Crippen MR) is 73.9 cm³/mol. The van der Waals surface area contributed by atoms with Gasteiger partial charge in [-0.15, -0.1) is 6.58 Å². The fraction of sp³-hybridized carbons (Fsp3) is 0.500. The maximum atomic E-state index is 11.6. The zero-order valence-corrected chi connectivity index (χ0v) is 10.7. The van der Waals surface area contributed by atoms with E-state index in [1.54, 1.807) is 6.08 Å². The zero-order chi connectivity index (χ0) is 13.5. The molecule has 6 heteroatoms. The summed E-state index contributed by atoms with van der Waals surface area (Å²) >= 11 is 0. The third-order valence-electron chi connectivity index (χ3n) is 2.63. The second-order valence-corrected chi connectivity index (χ2v) is 4.03. The number of aromatic amines is 1. The average molecular weight is 252 g/mol. The minimum absolute atomic E-state index is 0.196. The molecule has 0 spiro atoms. The second-order valence-electron chi connectivity index (χ2n) is 4.03. The molecule has 0 aliphatic carbocycles. The quantitative estimate of drug-likeness (QED) is 0.496. The number of nitrogens with zero attached hydrogens (tertiary/aromatic N) is 1. The molecule has 0 fully saturated rings. The summed E-state index contributed by atoms with van der Waals surface area (Å²) in [5, 5.41) is 2.93. The molecule has 0 amide bonds. The smallest absolute Gasteiger partial charge is 0.330 e. The van der Waals surface area contributed by atoms with Crippen molar-refractivity contribution in [3.8, 4) is 0 Å². The summed E-state index contributed by atoms with van der Waals surface area (Å²) < 4.78 is 1.39. The summed E-state index contributed by atoms with van der Waals surface area (Å²) in [4.78, 5) is 25.5. The van der Waals surface area contributed by atoms with Crippen LogP contribution in [0.5, 0.6) is 0 Å². The molecule has 0 aliphatic rings. The van der Waals surface area contributed by atoms with Gasteiger partial charge in [-0.2, -0.15) is 0 Å². The van der Waals surface area contributed by atoms with E-state index in [4.69, 9.17) is 5.73 Å². The molecule has 0 aliphatic heterocycles. The first-order valence-electron chi connectivity index (χ1n) is 6.09. The summed E-state index contributed by atoms with van der Waals surface area (Å²) in [6.45, 7) is 6.69. The molecule has 0 saturated carbocycles. The molecule has 18 heavy (non-hydrogen) atoms. The molecular weight excluding hydrogens is 232 g/mol. The van der Waals surface area contributed by atoms with Crippen LogP contribution in [0.4, 0.5) is 11.5 Å². The van der Waals surface area contributed by atoms with Crippen LogP contribution in [0.25, 0.3) is 0 Å². The monoisotopic (exact) mass is 252 g/mol. The lowest BCUT2D eigenvalue weighted by molar-refractivity contribution is 0.605. The van der Waals surface area contributed by atoms with Gasteiger partial charge in [0.05, 0.1) is 0 Å². The highest BCUT2D eigenvalue weighted by molar-refractivity contribution is 5.60. The summed E-state index contributed by atoms with van der Waals surface area (Å²) in [5.74, 6) is 0.196. The SMILES string of the molecule is C=CCCNc1c(N)n(CCCC)c(=O)[nH]c1=O. The van der Waals surface area contributed by atoms with Crippen LogP contribution in [0.15, 0.2) is 22.2 Å². The van der Waals surface area contributed by atoms with Gasteiger partial charge in [-0.25, -0.2) is 4.79 Å². The van der Waals surface area contributed by atoms with Crippen molar-refractivity contribution >= 4 is 11.5 Å². The molecular formula is C12H20N4O2. The van der Waals surface area contributed by atoms with Crippen molar-refractivity contribution < 1.29 is 0 Å². The Bertz CT molecular complexity index is 516. The number of nitrogens with one attached hydrogen (secondary N) is 2. The maximum Gasteiger partial charge on any atom is 0.330 e. The number of nitrogens with two attached hydrogens (primary N) is 1. The molecule has 0 saturated heterocycles. The van der Waals surface area contributed by atoms with Crippen LogP contribution in [0.2, 0.25) is 0 Å². The van der Waals surface area contributed by atoms with Gasteiger partial charge >= 0.3 is 5.69 Å². The first-order valence-corrected chi connectivity index (χ1v) is 6.09. The molecule has 1 aromatic rings. The molecule has 4 N–H and O–H groups in total. The van der Waals surface area contributed by atoms with Gasteiger partial charge in [-0.1, -0.05) is 19.4 Å². The fourth-order valence-corrected chi connectivity index (χ4v) is 1.60. The number of hydrogen-bond donors (Lipinski definition) is 3. The lowest BCUT2D eigenvalue weighted by Gasteiger charge is -2.13. The first-order chi connectivity index (χ1) is 8.61. The Balaban J connectivity index is 3.05. The van der Waals surface area contributed by atoms with Gasteiger partial charge in [-0.05, 0) is 12.8 Å². The van der Waals surface area contributed by atoms with Crippen LogP contribution in [-0.4, -0.2) is 16.1 Å². The third kappa shape index (κ3) is 3.26. The van der Waals surface area contributed by atoms with Gasteiger partial charge in [0.1, 0.15) is 11.5 Å². The minimum Gasteiger partial charge on any atom is -0.383 e. The predicted octanol–water partition coefficient (Wildman–Crippen LogP) is 0.907. The van der Waals surface area contributed by atoms with E-state index in [-0.39, 0.29) is 11.5 Å². The van der Waals surface area contributed by atoms with E-state index in [0.717, 1.165) is 12.8 Å². The minimum atomic E-state index is -0.477. The van der Waals surface area contributed by atoms with Gasteiger partial charge in [0.2, 0.25) is 0 Å². The van der Waals surface area contributed by atoms with E-state index in [9.17, 15) is 9.59 Å². The highest BCUT2D eigenvalue weighted by atomic mass is 16.2. The molecule has 100 valence electrons. The number of rotatable bonds is 7. The number of aromatic nitrogens is 2. The number of unbranched alkanes of at least 4 members (excludes halogenated alkanes) is 1. The normalized spacial score (nSPS) is 10.3. The highest BCUT2D eigenvalue weighted by Gasteiger charge is 2.10. The van der Waals surface area contributed by atoms with Gasteiger partial charge in [0, 0.05) is 13.1 Å². The van der Waals surface area contributed by atoms with Crippen molar-refractivity contribution in [2.75, 3.05) is 17.6 Å². The van der Waals surface area contributed by atoms with Crippen molar-refractivity contribution in [2.24, 2.45) is 0 Å². The van der Waals surface area contributed by atoms with E-state index in [2.05, 4.69) is 16.9 Å². The molecule has 0 atom stereocenters. The lowest BCUT2D eigenvalue weighted by atomic mass is 10.3. The van der Waals surface area contributed by atoms with Crippen LogP contribution in [0.1, 0.15) is 26.2 Å². The molecule has 0 unspecified atom stereocenters. The zero-order valence-electron chi connectivity index (χ0n) is 10.7. The molecule has 1 rings (SSSR count). The molecule has 0 radical (unpaired) electrons. The van der Waals surface area contributed by atoms with Crippen molar-refractivity contribution in [2.45, 2.75) is 32.7 Å². The van der Waals surface area contributed by atoms with E-state index < -0.39 is 11.2 Å². The Kier molecular flexibility index (Phi) is 5.23. The molecule has 1 aromatic heterocycles. The Morgan fingerprint density at radius 1 is 1.50 bits per heavy atom. The van der Waals surface area contributed by atoms with E-state index in [1.807, 2.05) is 6.92 Å². The Hall–Kier alpha value is -1.98. The largest absolute Gasteiger partial charge is 0.383 e.